The van der Waals surface area contributed by atoms with E-state index in [-0.39, 0.29) is 5.91 Å². The topological polar surface area (TPSA) is 41.1 Å². The van der Waals surface area contributed by atoms with Crippen molar-refractivity contribution in [2.45, 2.75) is 64.5 Å². The highest BCUT2D eigenvalue weighted by Crippen LogP contribution is 2.26. The third kappa shape index (κ3) is 7.19. The summed E-state index contributed by atoms with van der Waals surface area (Å²) in [5.74, 6) is 0.853. The molecule has 0 saturated heterocycles. The number of aryl methyl sites for hydroxylation is 1. The fraction of sp³-hybridized carbons (Fsp3) is 0.367. The zero-order chi connectivity index (χ0) is 23.8. The number of benzene rings is 3. The van der Waals surface area contributed by atoms with Crippen LogP contribution in [0.1, 0.15) is 56.6 Å². The van der Waals surface area contributed by atoms with E-state index in [1.165, 1.54) is 43.2 Å². The van der Waals surface area contributed by atoms with E-state index in [0.717, 1.165) is 40.7 Å². The third-order valence-corrected chi connectivity index (χ3v) is 7.25. The number of hydrogen-bond acceptors (Lipinski definition) is 2. The standard InChI is InChI=1S/C30H35ClN2O/c1-22(25-5-3-2-4-6-25)32-21-24-9-7-23(8-10-24)11-20-30(34)33-29-18-14-27(15-19-29)26-12-16-28(31)17-13-26/h7-10,12-19,22,25,32H,2-6,11,20-21H2,1H3,(H,33,34). The highest BCUT2D eigenvalue weighted by molar-refractivity contribution is 6.30. The van der Waals surface area contributed by atoms with Gasteiger partial charge < -0.3 is 10.6 Å². The van der Waals surface area contributed by atoms with Crippen LogP contribution < -0.4 is 10.6 Å². The van der Waals surface area contributed by atoms with Crippen molar-refractivity contribution in [3.05, 3.63) is 88.9 Å². The van der Waals surface area contributed by atoms with Crippen molar-refractivity contribution >= 4 is 23.2 Å². The predicted molar refractivity (Wildman–Crippen MR) is 143 cm³/mol. The molecule has 4 rings (SSSR count). The lowest BCUT2D eigenvalue weighted by molar-refractivity contribution is -0.116. The van der Waals surface area contributed by atoms with Gasteiger partial charge in [0.15, 0.2) is 0 Å². The van der Waals surface area contributed by atoms with Crippen molar-refractivity contribution < 1.29 is 4.79 Å². The Balaban J connectivity index is 1.20. The quantitative estimate of drug-likeness (QED) is 0.334. The maximum absolute atomic E-state index is 12.4. The van der Waals surface area contributed by atoms with Gasteiger partial charge in [0.2, 0.25) is 5.91 Å². The molecule has 178 valence electrons. The van der Waals surface area contributed by atoms with E-state index < -0.39 is 0 Å². The first-order valence-corrected chi connectivity index (χ1v) is 12.9. The van der Waals surface area contributed by atoms with Gasteiger partial charge in [-0.3, -0.25) is 4.79 Å². The van der Waals surface area contributed by atoms with Crippen LogP contribution in [0.25, 0.3) is 11.1 Å². The van der Waals surface area contributed by atoms with Gasteiger partial charge in [-0.1, -0.05) is 79.4 Å². The van der Waals surface area contributed by atoms with Gasteiger partial charge in [-0.05, 0) is 78.6 Å². The van der Waals surface area contributed by atoms with E-state index in [9.17, 15) is 4.79 Å². The van der Waals surface area contributed by atoms with Crippen LogP contribution in [0.5, 0.6) is 0 Å². The Morgan fingerprint density at radius 1 is 0.853 bits per heavy atom. The SMILES string of the molecule is CC(NCc1ccc(CCC(=O)Nc2ccc(-c3ccc(Cl)cc3)cc2)cc1)C1CCCCC1. The summed E-state index contributed by atoms with van der Waals surface area (Å²) < 4.78 is 0. The summed E-state index contributed by atoms with van der Waals surface area (Å²) in [6.07, 6.45) is 8.10. The Morgan fingerprint density at radius 3 is 2.09 bits per heavy atom. The van der Waals surface area contributed by atoms with E-state index in [0.29, 0.717) is 12.5 Å². The molecule has 0 aromatic heterocycles. The van der Waals surface area contributed by atoms with Crippen LogP contribution in [-0.4, -0.2) is 11.9 Å². The molecule has 0 spiro atoms. The smallest absolute Gasteiger partial charge is 0.224 e. The van der Waals surface area contributed by atoms with E-state index in [4.69, 9.17) is 11.6 Å². The van der Waals surface area contributed by atoms with E-state index >= 15 is 0 Å². The first-order valence-electron chi connectivity index (χ1n) is 12.5. The molecule has 1 fully saturated rings. The zero-order valence-electron chi connectivity index (χ0n) is 20.0. The molecule has 3 aromatic rings. The lowest BCUT2D eigenvalue weighted by Gasteiger charge is -2.28. The molecule has 3 nitrogen and oxygen atoms in total. The normalized spacial score (nSPS) is 15.1. The summed E-state index contributed by atoms with van der Waals surface area (Å²) >= 11 is 5.97. The van der Waals surface area contributed by atoms with Crippen molar-refractivity contribution in [2.24, 2.45) is 5.92 Å². The molecule has 1 amide bonds. The average molecular weight is 475 g/mol. The molecule has 34 heavy (non-hydrogen) atoms. The van der Waals surface area contributed by atoms with Crippen molar-refractivity contribution in [1.29, 1.82) is 0 Å². The number of nitrogens with one attached hydrogen (secondary N) is 2. The summed E-state index contributed by atoms with van der Waals surface area (Å²) in [6, 6.07) is 24.9. The second kappa shape index (κ2) is 12.2. The van der Waals surface area contributed by atoms with Crippen LogP contribution in [0.15, 0.2) is 72.8 Å². The molecule has 1 aliphatic rings. The lowest BCUT2D eigenvalue weighted by Crippen LogP contribution is -2.34. The van der Waals surface area contributed by atoms with Crippen LogP contribution >= 0.6 is 11.6 Å². The molecule has 1 unspecified atom stereocenters. The van der Waals surface area contributed by atoms with E-state index in [1.54, 1.807) is 0 Å². The highest BCUT2D eigenvalue weighted by atomic mass is 35.5. The fourth-order valence-electron chi connectivity index (χ4n) is 4.77. The van der Waals surface area contributed by atoms with Gasteiger partial charge >= 0.3 is 0 Å². The lowest BCUT2D eigenvalue weighted by atomic mass is 9.84. The fourth-order valence-corrected chi connectivity index (χ4v) is 4.90. The van der Waals surface area contributed by atoms with Crippen molar-refractivity contribution in [3.63, 3.8) is 0 Å². The number of rotatable bonds is 9. The van der Waals surface area contributed by atoms with Gasteiger partial charge in [0.1, 0.15) is 0 Å². The molecule has 0 aliphatic heterocycles. The summed E-state index contributed by atoms with van der Waals surface area (Å²) in [6.45, 7) is 3.23. The van der Waals surface area contributed by atoms with Gasteiger partial charge in [0.25, 0.3) is 0 Å². The van der Waals surface area contributed by atoms with Crippen molar-refractivity contribution in [3.8, 4) is 11.1 Å². The number of carbonyl (C=O) groups is 1. The molecular weight excluding hydrogens is 440 g/mol. The van der Waals surface area contributed by atoms with E-state index in [1.807, 2.05) is 48.5 Å². The molecular formula is C30H35ClN2O. The average Bonchev–Trinajstić information content (AvgIpc) is 2.88. The first kappa shape index (κ1) is 24.5. The minimum Gasteiger partial charge on any atom is -0.326 e. The Morgan fingerprint density at radius 2 is 1.44 bits per heavy atom. The summed E-state index contributed by atoms with van der Waals surface area (Å²) in [5, 5.41) is 7.44. The number of halogens is 1. The molecule has 0 radical (unpaired) electrons. The van der Waals surface area contributed by atoms with Crippen LogP contribution in [0.2, 0.25) is 5.02 Å². The summed E-state index contributed by atoms with van der Waals surface area (Å²) in [5.41, 5.74) is 5.51. The van der Waals surface area contributed by atoms with Crippen molar-refractivity contribution in [1.82, 2.24) is 5.32 Å². The van der Waals surface area contributed by atoms with Gasteiger partial charge in [-0.2, -0.15) is 0 Å². The number of carbonyl (C=O) groups excluding carboxylic acids is 1. The summed E-state index contributed by atoms with van der Waals surface area (Å²) in [7, 11) is 0. The molecule has 0 heterocycles. The van der Waals surface area contributed by atoms with Gasteiger partial charge in [0, 0.05) is 29.7 Å². The second-order valence-corrected chi connectivity index (χ2v) is 9.95. The molecule has 1 aliphatic carbocycles. The minimum absolute atomic E-state index is 0.0336. The minimum atomic E-state index is 0.0336. The molecule has 1 atom stereocenters. The highest BCUT2D eigenvalue weighted by Gasteiger charge is 2.19. The van der Waals surface area contributed by atoms with Crippen molar-refractivity contribution in [2.75, 3.05) is 5.32 Å². The van der Waals surface area contributed by atoms with E-state index in [2.05, 4.69) is 41.8 Å². The Bertz CT molecular complexity index is 1040. The van der Waals surface area contributed by atoms with Gasteiger partial charge in [-0.15, -0.1) is 0 Å². The summed E-state index contributed by atoms with van der Waals surface area (Å²) in [4.78, 5) is 12.4. The third-order valence-electron chi connectivity index (χ3n) is 7.00. The Labute approximate surface area is 208 Å². The Hall–Kier alpha value is -2.62. The monoisotopic (exact) mass is 474 g/mol. The first-order chi connectivity index (χ1) is 16.6. The second-order valence-electron chi connectivity index (χ2n) is 9.52. The van der Waals surface area contributed by atoms with Crippen LogP contribution in [-0.2, 0) is 17.8 Å². The molecule has 1 saturated carbocycles. The van der Waals surface area contributed by atoms with Crippen LogP contribution in [0, 0.1) is 5.92 Å². The van der Waals surface area contributed by atoms with Crippen LogP contribution in [0.3, 0.4) is 0 Å². The number of anilines is 1. The Kier molecular flexibility index (Phi) is 8.79. The molecule has 3 aromatic carbocycles. The molecule has 2 N–H and O–H groups in total. The zero-order valence-corrected chi connectivity index (χ0v) is 20.8. The van der Waals surface area contributed by atoms with Crippen LogP contribution in [0.4, 0.5) is 5.69 Å². The number of hydrogen-bond donors (Lipinski definition) is 2. The van der Waals surface area contributed by atoms with Gasteiger partial charge in [0.05, 0.1) is 0 Å². The molecule has 0 bridgehead atoms. The maximum atomic E-state index is 12.4. The van der Waals surface area contributed by atoms with Gasteiger partial charge in [-0.25, -0.2) is 0 Å². The number of amides is 1. The maximum Gasteiger partial charge on any atom is 0.224 e. The predicted octanol–water partition coefficient (Wildman–Crippen LogP) is 7.64. The largest absolute Gasteiger partial charge is 0.326 e. The molecule has 4 heteroatoms.